The third kappa shape index (κ3) is 10.6. The van der Waals surface area contributed by atoms with E-state index >= 15 is 0 Å². The molecule has 4 unspecified atom stereocenters. The van der Waals surface area contributed by atoms with E-state index in [0.29, 0.717) is 5.25 Å². The lowest BCUT2D eigenvalue weighted by atomic mass is 10.1. The van der Waals surface area contributed by atoms with Gasteiger partial charge in [-0.1, -0.05) is 47.0 Å². The van der Waals surface area contributed by atoms with Crippen LogP contribution in [0.2, 0.25) is 0 Å². The molecule has 0 aliphatic carbocycles. The Labute approximate surface area is 149 Å². The van der Waals surface area contributed by atoms with E-state index in [0.717, 1.165) is 44.4 Å². The first kappa shape index (κ1) is 21.3. The molecule has 0 radical (unpaired) electrons. The van der Waals surface area contributed by atoms with Crippen LogP contribution >= 0.6 is 12.6 Å². The van der Waals surface area contributed by atoms with E-state index in [2.05, 4.69) is 40.3 Å². The van der Waals surface area contributed by atoms with E-state index in [-0.39, 0.29) is 18.9 Å². The molecule has 4 heteroatoms. The number of ether oxygens (including phenoxy) is 3. The van der Waals surface area contributed by atoms with E-state index < -0.39 is 0 Å². The fraction of sp³-hybridized carbons (Fsp3) is 1.00. The Bertz CT molecular complexity index is 262. The van der Waals surface area contributed by atoms with Gasteiger partial charge in [0.1, 0.15) is 0 Å². The molecular weight excluding hydrogens is 308 g/mol. The van der Waals surface area contributed by atoms with Gasteiger partial charge in [0.2, 0.25) is 0 Å². The number of hydrogen-bond acceptors (Lipinski definition) is 4. The van der Waals surface area contributed by atoms with E-state index in [4.69, 9.17) is 14.2 Å². The minimum atomic E-state index is -0.105. The largest absolute Gasteiger partial charge is 0.324 e. The second-order valence-corrected chi connectivity index (χ2v) is 8.18. The Morgan fingerprint density at radius 3 is 1.65 bits per heavy atom. The Morgan fingerprint density at radius 2 is 1.22 bits per heavy atom. The minimum Gasteiger partial charge on any atom is -0.324 e. The van der Waals surface area contributed by atoms with Gasteiger partial charge in [-0.15, -0.1) is 0 Å². The number of unbranched alkanes of at least 4 members (excludes halogenated alkanes) is 2. The van der Waals surface area contributed by atoms with Gasteiger partial charge in [0.25, 0.3) is 0 Å². The summed E-state index contributed by atoms with van der Waals surface area (Å²) in [6, 6.07) is 0. The van der Waals surface area contributed by atoms with Gasteiger partial charge in [-0.25, -0.2) is 0 Å². The molecule has 1 aliphatic rings. The topological polar surface area (TPSA) is 27.7 Å². The third-order valence-corrected chi connectivity index (χ3v) is 4.50. The summed E-state index contributed by atoms with van der Waals surface area (Å²) in [6.45, 7) is 8.89. The predicted molar refractivity (Wildman–Crippen MR) is 99.7 cm³/mol. The number of thiol groups is 1. The van der Waals surface area contributed by atoms with Gasteiger partial charge in [-0.3, -0.25) is 0 Å². The monoisotopic (exact) mass is 346 g/mol. The molecule has 3 nitrogen and oxygen atoms in total. The zero-order chi connectivity index (χ0) is 17.1. The molecule has 1 rings (SSSR count). The summed E-state index contributed by atoms with van der Waals surface area (Å²) in [7, 11) is 0. The van der Waals surface area contributed by atoms with Gasteiger partial charge in [0.15, 0.2) is 18.9 Å². The molecule has 0 aromatic carbocycles. The second kappa shape index (κ2) is 12.6. The van der Waals surface area contributed by atoms with Crippen molar-refractivity contribution >= 4 is 12.6 Å². The SMILES string of the molecule is CCCCCC1OC(CCCC(C)C)OC(CCCC(C)S)O1. The van der Waals surface area contributed by atoms with Crippen molar-refractivity contribution in [1.82, 2.24) is 0 Å². The van der Waals surface area contributed by atoms with Crippen molar-refractivity contribution in [2.24, 2.45) is 5.92 Å². The molecule has 1 aliphatic heterocycles. The Hall–Kier alpha value is 0.230. The van der Waals surface area contributed by atoms with Gasteiger partial charge in [-0.05, 0) is 56.1 Å². The van der Waals surface area contributed by atoms with E-state index in [1.807, 2.05) is 0 Å². The molecule has 0 saturated carbocycles. The molecule has 1 heterocycles. The average molecular weight is 347 g/mol. The van der Waals surface area contributed by atoms with Crippen molar-refractivity contribution in [1.29, 1.82) is 0 Å². The summed E-state index contributed by atoms with van der Waals surface area (Å²) in [5, 5.41) is 0.442. The lowest BCUT2D eigenvalue weighted by Gasteiger charge is -2.36. The zero-order valence-corrected chi connectivity index (χ0v) is 16.5. The molecule has 1 fully saturated rings. The maximum Gasteiger partial charge on any atom is 0.163 e. The van der Waals surface area contributed by atoms with Crippen molar-refractivity contribution in [2.75, 3.05) is 0 Å². The first-order valence-corrected chi connectivity index (χ1v) is 10.2. The number of rotatable bonds is 12. The Balaban J connectivity index is 2.39. The molecule has 4 atom stereocenters. The Morgan fingerprint density at radius 1 is 0.739 bits per heavy atom. The zero-order valence-electron chi connectivity index (χ0n) is 15.6. The first-order valence-electron chi connectivity index (χ1n) is 9.65. The van der Waals surface area contributed by atoms with E-state index in [1.54, 1.807) is 0 Å². The van der Waals surface area contributed by atoms with Gasteiger partial charge in [0, 0.05) is 0 Å². The highest BCUT2D eigenvalue weighted by atomic mass is 32.1. The maximum absolute atomic E-state index is 6.02. The summed E-state index contributed by atoms with van der Waals surface area (Å²) >= 11 is 4.45. The van der Waals surface area contributed by atoms with Crippen LogP contribution in [0.5, 0.6) is 0 Å². The van der Waals surface area contributed by atoms with Crippen molar-refractivity contribution in [3.63, 3.8) is 0 Å². The highest BCUT2D eigenvalue weighted by molar-refractivity contribution is 7.80. The van der Waals surface area contributed by atoms with Gasteiger partial charge in [-0.2, -0.15) is 12.6 Å². The van der Waals surface area contributed by atoms with Crippen LogP contribution in [-0.2, 0) is 14.2 Å². The lowest BCUT2D eigenvalue weighted by Crippen LogP contribution is -2.40. The summed E-state index contributed by atoms with van der Waals surface area (Å²) < 4.78 is 18.0. The standard InChI is InChI=1S/C19H38O3S/c1-5-6-7-12-17-20-18(13-8-10-15(2)3)22-19(21-17)14-9-11-16(4)23/h15-19,23H,5-14H2,1-4H3. The van der Waals surface area contributed by atoms with Crippen LogP contribution in [-0.4, -0.2) is 24.1 Å². The van der Waals surface area contributed by atoms with Crippen LogP contribution in [0, 0.1) is 5.92 Å². The molecule has 0 spiro atoms. The number of hydrogen-bond donors (Lipinski definition) is 1. The van der Waals surface area contributed by atoms with Crippen molar-refractivity contribution < 1.29 is 14.2 Å². The van der Waals surface area contributed by atoms with Crippen LogP contribution < -0.4 is 0 Å². The van der Waals surface area contributed by atoms with E-state index in [1.165, 1.54) is 25.7 Å². The third-order valence-electron chi connectivity index (χ3n) is 4.24. The molecule has 23 heavy (non-hydrogen) atoms. The highest BCUT2D eigenvalue weighted by Crippen LogP contribution is 2.26. The molecule has 0 bridgehead atoms. The Kier molecular flexibility index (Phi) is 11.6. The van der Waals surface area contributed by atoms with Crippen molar-refractivity contribution in [3.05, 3.63) is 0 Å². The molecule has 1 saturated heterocycles. The molecule has 0 N–H and O–H groups in total. The predicted octanol–water partition coefficient (Wildman–Crippen LogP) is 5.92. The van der Waals surface area contributed by atoms with Crippen LogP contribution in [0.15, 0.2) is 0 Å². The summed E-state index contributed by atoms with van der Waals surface area (Å²) in [5.74, 6) is 0.739. The molecule has 138 valence electrons. The van der Waals surface area contributed by atoms with Gasteiger partial charge >= 0.3 is 0 Å². The van der Waals surface area contributed by atoms with Crippen molar-refractivity contribution in [3.8, 4) is 0 Å². The quantitative estimate of drug-likeness (QED) is 0.351. The fourth-order valence-electron chi connectivity index (χ4n) is 2.85. The summed E-state index contributed by atoms with van der Waals surface area (Å²) in [5.41, 5.74) is 0. The van der Waals surface area contributed by atoms with E-state index in [9.17, 15) is 0 Å². The molecule has 0 amide bonds. The van der Waals surface area contributed by atoms with Gasteiger partial charge < -0.3 is 14.2 Å². The highest BCUT2D eigenvalue weighted by Gasteiger charge is 2.29. The first-order chi connectivity index (χ1) is 11.0. The van der Waals surface area contributed by atoms with Crippen LogP contribution in [0.4, 0.5) is 0 Å². The second-order valence-electron chi connectivity index (χ2n) is 7.30. The summed E-state index contributed by atoms with van der Waals surface area (Å²) in [6.07, 6.45) is 10.8. The maximum atomic E-state index is 6.02. The molecule has 0 aromatic rings. The average Bonchev–Trinajstić information content (AvgIpc) is 2.46. The fourth-order valence-corrected chi connectivity index (χ4v) is 3.03. The van der Waals surface area contributed by atoms with Crippen LogP contribution in [0.3, 0.4) is 0 Å². The smallest absolute Gasteiger partial charge is 0.163 e. The van der Waals surface area contributed by atoms with Crippen LogP contribution in [0.1, 0.15) is 91.9 Å². The van der Waals surface area contributed by atoms with Gasteiger partial charge in [0.05, 0.1) is 0 Å². The normalized spacial score (nSPS) is 26.6. The van der Waals surface area contributed by atoms with Crippen LogP contribution in [0.25, 0.3) is 0 Å². The lowest BCUT2D eigenvalue weighted by molar-refractivity contribution is -0.386. The molecular formula is C19H38O3S. The summed E-state index contributed by atoms with van der Waals surface area (Å²) in [4.78, 5) is 0. The van der Waals surface area contributed by atoms with Crippen molar-refractivity contribution in [2.45, 2.75) is 116 Å². The molecule has 0 aromatic heterocycles. The minimum absolute atomic E-state index is 0.0854.